The highest BCUT2D eigenvalue weighted by Crippen LogP contribution is 2.28. The summed E-state index contributed by atoms with van der Waals surface area (Å²) in [5, 5.41) is 10.2. The maximum absolute atomic E-state index is 14.8. The van der Waals surface area contributed by atoms with Crippen molar-refractivity contribution in [3.8, 4) is 0 Å². The summed E-state index contributed by atoms with van der Waals surface area (Å²) in [6.07, 6.45) is 2.91. The molecule has 1 aromatic carbocycles. The van der Waals surface area contributed by atoms with Crippen molar-refractivity contribution in [1.29, 1.82) is 0 Å². The van der Waals surface area contributed by atoms with E-state index < -0.39 is 17.2 Å². The van der Waals surface area contributed by atoms with Crippen molar-refractivity contribution in [2.45, 2.75) is 32.5 Å². The molecule has 0 saturated carbocycles. The third-order valence-corrected chi connectivity index (χ3v) is 4.76. The molecule has 1 aromatic heterocycles. The summed E-state index contributed by atoms with van der Waals surface area (Å²) in [6, 6.07) is 5.54. The van der Waals surface area contributed by atoms with Gasteiger partial charge in [0.2, 0.25) is 0 Å². The number of halogens is 2. The first-order valence-corrected chi connectivity index (χ1v) is 8.99. The lowest BCUT2D eigenvalue weighted by Crippen LogP contribution is -2.29. The number of benzene rings is 1. The van der Waals surface area contributed by atoms with Gasteiger partial charge in [0.15, 0.2) is 0 Å². The maximum atomic E-state index is 14.8. The Kier molecular flexibility index (Phi) is 5.48. The van der Waals surface area contributed by atoms with E-state index in [1.165, 1.54) is 32.0 Å². The number of carbonyl (C=O) groups excluding carboxylic acids is 1. The average molecular weight is 400 g/mol. The molecule has 0 atom stereocenters. The topological polar surface area (TPSA) is 91.8 Å². The van der Waals surface area contributed by atoms with Crippen LogP contribution in [0, 0.1) is 11.6 Å². The Morgan fingerprint density at radius 2 is 2.03 bits per heavy atom. The Labute approximate surface area is 167 Å². The molecule has 152 valence electrons. The number of nitrogens with zero attached hydrogens (tertiary/aromatic N) is 3. The van der Waals surface area contributed by atoms with Crippen molar-refractivity contribution in [1.82, 2.24) is 9.88 Å². The van der Waals surface area contributed by atoms with E-state index in [0.717, 1.165) is 12.1 Å². The average Bonchev–Trinajstić information content (AvgIpc) is 2.97. The Balaban J connectivity index is 1.96. The Morgan fingerprint density at radius 3 is 2.59 bits per heavy atom. The molecule has 1 aliphatic heterocycles. The number of amides is 1. The molecule has 0 spiro atoms. The molecule has 0 aliphatic carbocycles. The minimum atomic E-state index is -1.40. The van der Waals surface area contributed by atoms with Crippen LogP contribution >= 0.6 is 0 Å². The molecule has 0 bridgehead atoms. The van der Waals surface area contributed by atoms with Gasteiger partial charge in [-0.15, -0.1) is 0 Å². The van der Waals surface area contributed by atoms with Crippen LogP contribution in [0.15, 0.2) is 41.2 Å². The monoisotopic (exact) mass is 400 g/mol. The van der Waals surface area contributed by atoms with Crippen molar-refractivity contribution in [3.63, 3.8) is 0 Å². The summed E-state index contributed by atoms with van der Waals surface area (Å²) < 4.78 is 29.6. The van der Waals surface area contributed by atoms with Gasteiger partial charge in [0.25, 0.3) is 5.91 Å². The first kappa shape index (κ1) is 20.6. The largest absolute Gasteiger partial charge is 0.399 e. The molecule has 29 heavy (non-hydrogen) atoms. The zero-order chi connectivity index (χ0) is 21.3. The zero-order valence-corrected chi connectivity index (χ0v) is 16.4. The fraction of sp³-hybridized carbons (Fsp3) is 0.286. The molecule has 0 fully saturated rings. The second-order valence-electron chi connectivity index (χ2n) is 7.35. The standard InChI is InChI=1S/C21H22F2N4O2/c1-21(2,29)19(24)14(9-25-3)12-7-16(22)15(17(23)8-12)10-27-11-18-13(20(27)28)5-4-6-26-18/h4-9,29H,10-11,24H2,1-3H3/b19-14+,25-9?. The third-order valence-electron chi connectivity index (χ3n) is 4.76. The number of rotatable bonds is 5. The molecule has 0 radical (unpaired) electrons. The van der Waals surface area contributed by atoms with E-state index in [1.807, 2.05) is 0 Å². The molecule has 3 N–H and O–H groups in total. The van der Waals surface area contributed by atoms with Gasteiger partial charge in [0.1, 0.15) is 11.6 Å². The van der Waals surface area contributed by atoms with Gasteiger partial charge < -0.3 is 15.7 Å². The van der Waals surface area contributed by atoms with Gasteiger partial charge in [-0.25, -0.2) is 8.78 Å². The van der Waals surface area contributed by atoms with Crippen molar-refractivity contribution < 1.29 is 18.7 Å². The van der Waals surface area contributed by atoms with E-state index in [1.54, 1.807) is 18.3 Å². The van der Waals surface area contributed by atoms with Gasteiger partial charge in [-0.2, -0.15) is 0 Å². The van der Waals surface area contributed by atoms with E-state index in [-0.39, 0.29) is 41.4 Å². The van der Waals surface area contributed by atoms with E-state index in [4.69, 9.17) is 5.73 Å². The number of hydrogen-bond donors (Lipinski definition) is 2. The molecule has 0 saturated heterocycles. The summed E-state index contributed by atoms with van der Waals surface area (Å²) in [4.78, 5) is 21.8. The number of allylic oxidation sites excluding steroid dienone is 1. The second kappa shape index (κ2) is 7.71. The van der Waals surface area contributed by atoms with E-state index in [9.17, 15) is 18.7 Å². The summed E-state index contributed by atoms with van der Waals surface area (Å²) in [6.45, 7) is 2.90. The molecule has 2 aromatic rings. The molecule has 3 rings (SSSR count). The number of aliphatic imine (C=N–C) groups is 1. The Morgan fingerprint density at radius 1 is 1.38 bits per heavy atom. The molecule has 6 nitrogen and oxygen atoms in total. The van der Waals surface area contributed by atoms with Gasteiger partial charge >= 0.3 is 0 Å². The number of aromatic nitrogens is 1. The van der Waals surface area contributed by atoms with Crippen LogP contribution in [0.5, 0.6) is 0 Å². The second-order valence-corrected chi connectivity index (χ2v) is 7.35. The van der Waals surface area contributed by atoms with Crippen LogP contribution in [0.1, 0.15) is 41.0 Å². The van der Waals surface area contributed by atoms with Gasteiger partial charge in [-0.3, -0.25) is 14.8 Å². The van der Waals surface area contributed by atoms with Crippen LogP contribution in [-0.2, 0) is 13.1 Å². The van der Waals surface area contributed by atoms with Crippen molar-refractivity contribution in [2.24, 2.45) is 10.7 Å². The predicted octanol–water partition coefficient (Wildman–Crippen LogP) is 2.66. The molecule has 8 heteroatoms. The lowest BCUT2D eigenvalue weighted by Gasteiger charge is -2.22. The van der Waals surface area contributed by atoms with Crippen LogP contribution in [0.25, 0.3) is 5.57 Å². The highest BCUT2D eigenvalue weighted by molar-refractivity contribution is 6.11. The van der Waals surface area contributed by atoms with Crippen LogP contribution in [-0.4, -0.2) is 39.8 Å². The normalized spacial score (nSPS) is 15.1. The fourth-order valence-electron chi connectivity index (χ4n) is 3.17. The van der Waals surface area contributed by atoms with Gasteiger partial charge in [-0.1, -0.05) is 0 Å². The number of fused-ring (bicyclic) bond motifs is 1. The van der Waals surface area contributed by atoms with E-state index in [2.05, 4.69) is 9.98 Å². The number of nitrogens with two attached hydrogens (primary N) is 1. The minimum absolute atomic E-state index is 0.0332. The van der Waals surface area contributed by atoms with Gasteiger partial charge in [-0.05, 0) is 43.7 Å². The van der Waals surface area contributed by atoms with Gasteiger partial charge in [0.05, 0.1) is 29.9 Å². The maximum Gasteiger partial charge on any atom is 0.256 e. The molecular weight excluding hydrogens is 378 g/mol. The minimum Gasteiger partial charge on any atom is -0.399 e. The summed E-state index contributed by atoms with van der Waals surface area (Å²) >= 11 is 0. The predicted molar refractivity (Wildman–Crippen MR) is 106 cm³/mol. The fourth-order valence-corrected chi connectivity index (χ4v) is 3.17. The number of pyridine rings is 1. The lowest BCUT2D eigenvalue weighted by atomic mass is 9.95. The molecule has 2 heterocycles. The lowest BCUT2D eigenvalue weighted by molar-refractivity contribution is 0.0763. The van der Waals surface area contributed by atoms with Crippen LogP contribution < -0.4 is 5.73 Å². The SMILES string of the molecule is CN=C/C(=C(\N)C(C)(C)O)c1cc(F)c(CN2Cc3ncccc3C2=O)c(F)c1. The highest BCUT2D eigenvalue weighted by Gasteiger charge is 2.30. The summed E-state index contributed by atoms with van der Waals surface area (Å²) in [5.74, 6) is -1.95. The Hall–Kier alpha value is -3.13. The first-order chi connectivity index (χ1) is 13.6. The number of carbonyl (C=O) groups is 1. The van der Waals surface area contributed by atoms with Crippen molar-refractivity contribution in [2.75, 3.05) is 7.05 Å². The Bertz CT molecular complexity index is 1000. The quantitative estimate of drug-likeness (QED) is 0.755. The van der Waals surface area contributed by atoms with E-state index in [0.29, 0.717) is 11.3 Å². The van der Waals surface area contributed by atoms with Crippen LogP contribution in [0.2, 0.25) is 0 Å². The van der Waals surface area contributed by atoms with Crippen LogP contribution in [0.3, 0.4) is 0 Å². The summed E-state index contributed by atoms with van der Waals surface area (Å²) in [5.41, 5.74) is 5.77. The molecule has 1 amide bonds. The van der Waals surface area contributed by atoms with Gasteiger partial charge in [0, 0.05) is 36.3 Å². The van der Waals surface area contributed by atoms with Crippen molar-refractivity contribution in [3.05, 3.63) is 70.2 Å². The zero-order valence-electron chi connectivity index (χ0n) is 16.4. The third kappa shape index (κ3) is 4.02. The smallest absolute Gasteiger partial charge is 0.256 e. The molecule has 0 unspecified atom stereocenters. The van der Waals surface area contributed by atoms with Crippen molar-refractivity contribution >= 4 is 17.7 Å². The molecule has 1 aliphatic rings. The van der Waals surface area contributed by atoms with E-state index >= 15 is 0 Å². The van der Waals surface area contributed by atoms with Crippen LogP contribution in [0.4, 0.5) is 8.78 Å². The highest BCUT2D eigenvalue weighted by atomic mass is 19.1. The molecular formula is C21H22F2N4O2. The number of aliphatic hydroxyl groups is 1. The number of hydrogen-bond acceptors (Lipinski definition) is 5. The first-order valence-electron chi connectivity index (χ1n) is 8.99. The summed E-state index contributed by atoms with van der Waals surface area (Å²) in [7, 11) is 1.49.